The molecule has 2 atom stereocenters. The number of nitrogens with zero attached hydrogens (tertiary/aromatic N) is 3. The van der Waals surface area contributed by atoms with Crippen LogP contribution in [0.5, 0.6) is 5.75 Å². The highest BCUT2D eigenvalue weighted by atomic mass is 16.5. The Bertz CT molecular complexity index is 561. The van der Waals surface area contributed by atoms with Gasteiger partial charge in [0.2, 0.25) is 0 Å². The summed E-state index contributed by atoms with van der Waals surface area (Å²) >= 11 is 0. The van der Waals surface area contributed by atoms with Crippen LogP contribution in [0.1, 0.15) is 16.9 Å². The van der Waals surface area contributed by atoms with E-state index in [1.54, 1.807) is 12.1 Å². The summed E-state index contributed by atoms with van der Waals surface area (Å²) in [6.45, 7) is 0.450. The summed E-state index contributed by atoms with van der Waals surface area (Å²) in [5, 5.41) is 0. The maximum absolute atomic E-state index is 12.8. The molecular weight excluding hydrogens is 286 g/mol. The van der Waals surface area contributed by atoms with E-state index in [2.05, 4.69) is 4.98 Å². The number of rotatable bonds is 4. The number of likely N-dealkylation sites (tertiary alicyclic amines) is 1. The van der Waals surface area contributed by atoms with Gasteiger partial charge in [-0.1, -0.05) is 0 Å². The van der Waals surface area contributed by atoms with E-state index in [0.717, 1.165) is 0 Å². The van der Waals surface area contributed by atoms with E-state index >= 15 is 0 Å². The van der Waals surface area contributed by atoms with Crippen LogP contribution in [0.2, 0.25) is 0 Å². The first-order valence-electron chi connectivity index (χ1n) is 7.03. The van der Waals surface area contributed by atoms with Crippen molar-refractivity contribution in [3.8, 4) is 5.75 Å². The Hall–Kier alpha value is -2.15. The number of methoxy groups -OCH3 is 2. The van der Waals surface area contributed by atoms with Crippen molar-refractivity contribution in [3.63, 3.8) is 0 Å². The second-order valence-electron chi connectivity index (χ2n) is 5.40. The molecule has 0 unspecified atom stereocenters. The molecule has 7 heteroatoms. The Labute approximate surface area is 129 Å². The lowest BCUT2D eigenvalue weighted by atomic mass is 10.1. The molecule has 2 heterocycles. The number of aromatic nitrogens is 1. The summed E-state index contributed by atoms with van der Waals surface area (Å²) in [4.78, 5) is 32.4. The highest BCUT2D eigenvalue weighted by Crippen LogP contribution is 2.26. The molecule has 1 fully saturated rings. The van der Waals surface area contributed by atoms with Crippen molar-refractivity contribution < 1.29 is 19.1 Å². The molecule has 1 aromatic heterocycles. The molecule has 0 spiro atoms. The number of amides is 1. The van der Waals surface area contributed by atoms with Crippen LogP contribution in [0, 0.1) is 0 Å². The average molecular weight is 307 g/mol. The summed E-state index contributed by atoms with van der Waals surface area (Å²) in [5.74, 6) is -0.339. The van der Waals surface area contributed by atoms with Crippen LogP contribution in [0.25, 0.3) is 0 Å². The van der Waals surface area contributed by atoms with E-state index in [0.29, 0.717) is 18.7 Å². The van der Waals surface area contributed by atoms with E-state index in [1.807, 2.05) is 19.0 Å². The molecule has 0 aromatic carbocycles. The molecule has 1 aromatic rings. The number of likely N-dealkylation sites (N-methyl/N-ethyl adjacent to an activating group) is 1. The highest BCUT2D eigenvalue weighted by molar-refractivity contribution is 5.97. The fourth-order valence-electron chi connectivity index (χ4n) is 2.62. The molecule has 1 amide bonds. The number of esters is 1. The number of pyridine rings is 1. The molecule has 120 valence electrons. The zero-order chi connectivity index (χ0) is 16.3. The van der Waals surface area contributed by atoms with Crippen molar-refractivity contribution >= 4 is 11.9 Å². The van der Waals surface area contributed by atoms with E-state index in [-0.39, 0.29) is 17.6 Å². The lowest BCUT2D eigenvalue weighted by Crippen LogP contribution is -2.42. The van der Waals surface area contributed by atoms with Gasteiger partial charge in [0, 0.05) is 18.8 Å². The van der Waals surface area contributed by atoms with Crippen LogP contribution in [0.4, 0.5) is 0 Å². The third-order valence-corrected chi connectivity index (χ3v) is 3.94. The molecule has 1 saturated heterocycles. The zero-order valence-electron chi connectivity index (χ0n) is 13.3. The first-order chi connectivity index (χ1) is 10.5. The van der Waals surface area contributed by atoms with Gasteiger partial charge in [0.15, 0.2) is 5.69 Å². The molecule has 1 aliphatic rings. The standard InChI is InChI=1S/C15H21N3O4/c1-17(2)10-8-11(15(20)22-4)18(9-10)14(19)13-12(21-3)6-5-7-16-13/h5-7,10-11H,8-9H2,1-4H3/t10-,11+/m1/s1. The first kappa shape index (κ1) is 16.2. The van der Waals surface area contributed by atoms with Gasteiger partial charge in [-0.2, -0.15) is 0 Å². The number of hydrogen-bond acceptors (Lipinski definition) is 6. The van der Waals surface area contributed by atoms with Crippen molar-refractivity contribution in [1.29, 1.82) is 0 Å². The zero-order valence-corrected chi connectivity index (χ0v) is 13.3. The lowest BCUT2D eigenvalue weighted by molar-refractivity contribution is -0.145. The monoisotopic (exact) mass is 307 g/mol. The average Bonchev–Trinajstić information content (AvgIpc) is 2.98. The summed E-state index contributed by atoms with van der Waals surface area (Å²) in [6.07, 6.45) is 2.07. The van der Waals surface area contributed by atoms with Crippen molar-refractivity contribution in [1.82, 2.24) is 14.8 Å². The minimum absolute atomic E-state index is 0.0998. The number of carbonyl (C=O) groups is 2. The van der Waals surface area contributed by atoms with E-state index in [4.69, 9.17) is 9.47 Å². The molecule has 2 rings (SSSR count). The SMILES string of the molecule is COC(=O)[C@@H]1C[C@@H](N(C)C)CN1C(=O)c1ncccc1OC. The Morgan fingerprint density at radius 2 is 2.09 bits per heavy atom. The quantitative estimate of drug-likeness (QED) is 0.750. The minimum Gasteiger partial charge on any atom is -0.494 e. The van der Waals surface area contributed by atoms with Gasteiger partial charge in [0.25, 0.3) is 5.91 Å². The fourth-order valence-corrected chi connectivity index (χ4v) is 2.62. The predicted octanol–water partition coefficient (Wildman–Crippen LogP) is 0.408. The Morgan fingerprint density at radius 3 is 2.68 bits per heavy atom. The second-order valence-corrected chi connectivity index (χ2v) is 5.40. The smallest absolute Gasteiger partial charge is 0.328 e. The molecule has 0 N–H and O–H groups in total. The van der Waals surface area contributed by atoms with Crippen molar-refractivity contribution in [2.24, 2.45) is 0 Å². The van der Waals surface area contributed by atoms with Crippen molar-refractivity contribution in [3.05, 3.63) is 24.0 Å². The van der Waals surface area contributed by atoms with Crippen molar-refractivity contribution in [2.75, 3.05) is 34.9 Å². The molecule has 0 bridgehead atoms. The number of hydrogen-bond donors (Lipinski definition) is 0. The third-order valence-electron chi connectivity index (χ3n) is 3.94. The number of carbonyl (C=O) groups excluding carboxylic acids is 2. The van der Waals surface area contributed by atoms with Crippen LogP contribution in [-0.2, 0) is 9.53 Å². The van der Waals surface area contributed by atoms with Crippen LogP contribution >= 0.6 is 0 Å². The van der Waals surface area contributed by atoms with Gasteiger partial charge in [-0.15, -0.1) is 0 Å². The fraction of sp³-hybridized carbons (Fsp3) is 0.533. The van der Waals surface area contributed by atoms with Crippen LogP contribution < -0.4 is 4.74 Å². The van der Waals surface area contributed by atoms with Gasteiger partial charge in [0.05, 0.1) is 14.2 Å². The third kappa shape index (κ3) is 3.04. The molecule has 0 saturated carbocycles. The highest BCUT2D eigenvalue weighted by Gasteiger charge is 2.42. The van der Waals surface area contributed by atoms with Crippen LogP contribution in [0.15, 0.2) is 18.3 Å². The molecule has 1 aliphatic heterocycles. The Morgan fingerprint density at radius 1 is 1.36 bits per heavy atom. The summed E-state index contributed by atoms with van der Waals surface area (Å²) in [7, 11) is 6.66. The van der Waals surface area contributed by atoms with Crippen molar-refractivity contribution in [2.45, 2.75) is 18.5 Å². The van der Waals surface area contributed by atoms with Gasteiger partial charge < -0.3 is 19.3 Å². The molecule has 22 heavy (non-hydrogen) atoms. The Balaban J connectivity index is 2.31. The summed E-state index contributed by atoms with van der Waals surface area (Å²) in [5.41, 5.74) is 0.207. The van der Waals surface area contributed by atoms with Gasteiger partial charge >= 0.3 is 5.97 Å². The van der Waals surface area contributed by atoms with Crippen LogP contribution in [0.3, 0.4) is 0 Å². The maximum Gasteiger partial charge on any atom is 0.328 e. The van der Waals surface area contributed by atoms with E-state index in [1.165, 1.54) is 25.3 Å². The van der Waals surface area contributed by atoms with E-state index < -0.39 is 12.0 Å². The molecule has 7 nitrogen and oxygen atoms in total. The molecule has 0 aliphatic carbocycles. The topological polar surface area (TPSA) is 72.0 Å². The summed E-state index contributed by atoms with van der Waals surface area (Å²) < 4.78 is 10.0. The molecular formula is C15H21N3O4. The van der Waals surface area contributed by atoms with Gasteiger partial charge in [-0.25, -0.2) is 9.78 Å². The van der Waals surface area contributed by atoms with E-state index in [9.17, 15) is 9.59 Å². The first-order valence-corrected chi connectivity index (χ1v) is 7.03. The largest absolute Gasteiger partial charge is 0.494 e. The predicted molar refractivity (Wildman–Crippen MR) is 79.7 cm³/mol. The normalized spacial score (nSPS) is 21.0. The van der Waals surface area contributed by atoms with Gasteiger partial charge in [-0.3, -0.25) is 4.79 Å². The Kier molecular flexibility index (Phi) is 4.97. The van der Waals surface area contributed by atoms with Gasteiger partial charge in [0.1, 0.15) is 11.8 Å². The lowest BCUT2D eigenvalue weighted by Gasteiger charge is -2.23. The summed E-state index contributed by atoms with van der Waals surface area (Å²) in [6, 6.07) is 2.87. The van der Waals surface area contributed by atoms with Gasteiger partial charge in [-0.05, 0) is 32.6 Å². The second kappa shape index (κ2) is 6.74. The molecule has 0 radical (unpaired) electrons. The number of ether oxygens (including phenoxy) is 2. The minimum atomic E-state index is -0.600. The van der Waals surface area contributed by atoms with Crippen LogP contribution in [-0.4, -0.2) is 73.6 Å². The maximum atomic E-state index is 12.8.